The van der Waals surface area contributed by atoms with Crippen molar-refractivity contribution < 1.29 is 14.6 Å². The number of hydrogen-bond donors (Lipinski definition) is 2. The molecule has 0 saturated carbocycles. The number of aliphatic hydroxyl groups excluding tert-OH is 1. The number of carbonyl (C=O) groups excluding carboxylic acids is 1. The van der Waals surface area contributed by atoms with Crippen LogP contribution < -0.4 is 5.32 Å². The third-order valence-corrected chi connectivity index (χ3v) is 2.83. The van der Waals surface area contributed by atoms with Crippen LogP contribution in [0.3, 0.4) is 0 Å². The number of alkyl carbamates (subject to hydrolysis) is 1. The normalized spacial score (nSPS) is 17.1. The third kappa shape index (κ3) is 6.74. The number of hydrogen-bond acceptors (Lipinski definition) is 3. The molecule has 102 valence electrons. The summed E-state index contributed by atoms with van der Waals surface area (Å²) in [6.45, 7) is 9.33. The molecule has 0 saturated heterocycles. The maximum atomic E-state index is 11.6. The molecule has 0 aliphatic rings. The number of aliphatic hydroxyl groups is 1. The number of amides is 1. The van der Waals surface area contributed by atoms with Crippen molar-refractivity contribution in [3.63, 3.8) is 0 Å². The number of alkyl halides is 1. The van der Waals surface area contributed by atoms with Crippen molar-refractivity contribution in [1.29, 1.82) is 0 Å². The first-order valence-corrected chi connectivity index (χ1v) is 6.48. The van der Waals surface area contributed by atoms with Crippen molar-refractivity contribution >= 4 is 17.7 Å². The Balaban J connectivity index is 4.48. The zero-order chi connectivity index (χ0) is 13.6. The second-order valence-electron chi connectivity index (χ2n) is 5.28. The summed E-state index contributed by atoms with van der Waals surface area (Å²) in [6, 6.07) is -0.382. The van der Waals surface area contributed by atoms with Crippen LogP contribution in [0.25, 0.3) is 0 Å². The van der Waals surface area contributed by atoms with E-state index < -0.39 is 17.8 Å². The first kappa shape index (κ1) is 16.5. The van der Waals surface area contributed by atoms with Crippen LogP contribution in [0.15, 0.2) is 0 Å². The molecule has 0 spiro atoms. The lowest BCUT2D eigenvalue weighted by Gasteiger charge is -2.29. The number of nitrogens with one attached hydrogen (secondary N) is 1. The molecular formula is C12H24ClNO3. The number of ether oxygens (including phenoxy) is 1. The molecular weight excluding hydrogens is 242 g/mol. The minimum Gasteiger partial charge on any atom is -0.444 e. The van der Waals surface area contributed by atoms with Gasteiger partial charge in [-0.25, -0.2) is 4.79 Å². The van der Waals surface area contributed by atoms with Crippen molar-refractivity contribution in [3.8, 4) is 0 Å². The van der Waals surface area contributed by atoms with Crippen molar-refractivity contribution in [3.05, 3.63) is 0 Å². The topological polar surface area (TPSA) is 58.6 Å². The van der Waals surface area contributed by atoms with E-state index in [2.05, 4.69) is 5.32 Å². The SMILES string of the molecule is CCC(C)C(NC(=O)OC(C)(C)C)C(O)CCl. The summed E-state index contributed by atoms with van der Waals surface area (Å²) >= 11 is 5.62. The Kier molecular flexibility index (Phi) is 6.87. The standard InChI is InChI=1S/C12H24ClNO3/c1-6-8(2)10(9(15)7-13)14-11(16)17-12(3,4)5/h8-10,15H,6-7H2,1-5H3,(H,14,16). The van der Waals surface area contributed by atoms with Crippen LogP contribution in [-0.4, -0.2) is 34.8 Å². The van der Waals surface area contributed by atoms with Crippen molar-refractivity contribution in [1.82, 2.24) is 5.32 Å². The van der Waals surface area contributed by atoms with Gasteiger partial charge >= 0.3 is 6.09 Å². The lowest BCUT2D eigenvalue weighted by molar-refractivity contribution is 0.0392. The van der Waals surface area contributed by atoms with Crippen LogP contribution in [0, 0.1) is 5.92 Å². The molecule has 3 unspecified atom stereocenters. The Morgan fingerprint density at radius 2 is 2.00 bits per heavy atom. The lowest BCUT2D eigenvalue weighted by atomic mass is 9.95. The molecule has 0 bridgehead atoms. The maximum absolute atomic E-state index is 11.6. The van der Waals surface area contributed by atoms with E-state index in [9.17, 15) is 9.90 Å². The number of halogens is 1. The lowest BCUT2D eigenvalue weighted by Crippen LogP contribution is -2.49. The average molecular weight is 266 g/mol. The molecule has 3 atom stereocenters. The quantitative estimate of drug-likeness (QED) is 0.751. The average Bonchev–Trinajstić information content (AvgIpc) is 2.21. The van der Waals surface area contributed by atoms with E-state index in [0.29, 0.717) is 0 Å². The summed E-state index contributed by atoms with van der Waals surface area (Å²) in [6.07, 6.45) is -0.444. The molecule has 17 heavy (non-hydrogen) atoms. The van der Waals surface area contributed by atoms with E-state index >= 15 is 0 Å². The minimum absolute atomic E-state index is 0.0881. The molecule has 4 nitrogen and oxygen atoms in total. The Hall–Kier alpha value is -0.480. The summed E-state index contributed by atoms with van der Waals surface area (Å²) < 4.78 is 5.15. The van der Waals surface area contributed by atoms with Crippen LogP contribution in [-0.2, 0) is 4.74 Å². The van der Waals surface area contributed by atoms with Gasteiger partial charge in [-0.05, 0) is 26.7 Å². The Morgan fingerprint density at radius 3 is 2.35 bits per heavy atom. The van der Waals surface area contributed by atoms with Gasteiger partial charge < -0.3 is 15.2 Å². The van der Waals surface area contributed by atoms with E-state index in [-0.39, 0.29) is 17.8 Å². The monoisotopic (exact) mass is 265 g/mol. The molecule has 0 aliphatic heterocycles. The zero-order valence-electron chi connectivity index (χ0n) is 11.3. The van der Waals surface area contributed by atoms with Crippen LogP contribution in [0.5, 0.6) is 0 Å². The maximum Gasteiger partial charge on any atom is 0.407 e. The fourth-order valence-electron chi connectivity index (χ4n) is 1.41. The van der Waals surface area contributed by atoms with E-state index in [1.54, 1.807) is 20.8 Å². The number of rotatable bonds is 5. The van der Waals surface area contributed by atoms with E-state index in [4.69, 9.17) is 16.3 Å². The van der Waals surface area contributed by atoms with E-state index in [1.807, 2.05) is 13.8 Å². The van der Waals surface area contributed by atoms with Crippen molar-refractivity contribution in [2.45, 2.75) is 58.8 Å². The third-order valence-electron chi connectivity index (χ3n) is 2.51. The van der Waals surface area contributed by atoms with Gasteiger partial charge in [0.2, 0.25) is 0 Å². The summed E-state index contributed by atoms with van der Waals surface area (Å²) in [4.78, 5) is 11.6. The van der Waals surface area contributed by atoms with Crippen molar-refractivity contribution in [2.24, 2.45) is 5.92 Å². The largest absolute Gasteiger partial charge is 0.444 e. The van der Waals surface area contributed by atoms with E-state index in [0.717, 1.165) is 6.42 Å². The van der Waals surface area contributed by atoms with Gasteiger partial charge in [0.15, 0.2) is 0 Å². The molecule has 0 radical (unpaired) electrons. The summed E-state index contributed by atoms with van der Waals surface area (Å²) in [5.41, 5.74) is -0.546. The smallest absolute Gasteiger partial charge is 0.407 e. The molecule has 1 amide bonds. The van der Waals surface area contributed by atoms with Crippen LogP contribution >= 0.6 is 11.6 Å². The predicted molar refractivity (Wildman–Crippen MR) is 69.3 cm³/mol. The van der Waals surface area contributed by atoms with Gasteiger partial charge in [0.1, 0.15) is 5.60 Å². The van der Waals surface area contributed by atoms with Gasteiger partial charge in [0.05, 0.1) is 18.0 Å². The number of carbonyl (C=O) groups is 1. The van der Waals surface area contributed by atoms with E-state index in [1.165, 1.54) is 0 Å². The molecule has 0 rings (SSSR count). The van der Waals surface area contributed by atoms with Crippen LogP contribution in [0.2, 0.25) is 0 Å². The fraction of sp³-hybridized carbons (Fsp3) is 0.917. The zero-order valence-corrected chi connectivity index (χ0v) is 12.0. The van der Waals surface area contributed by atoms with Gasteiger partial charge in [0, 0.05) is 0 Å². The highest BCUT2D eigenvalue weighted by atomic mass is 35.5. The molecule has 2 N–H and O–H groups in total. The molecule has 0 aliphatic carbocycles. The predicted octanol–water partition coefficient (Wildman–Crippen LogP) is 2.53. The first-order valence-electron chi connectivity index (χ1n) is 5.94. The van der Waals surface area contributed by atoms with Gasteiger partial charge in [0.25, 0.3) is 0 Å². The minimum atomic E-state index is -0.765. The summed E-state index contributed by atoms with van der Waals surface area (Å²) in [7, 11) is 0. The molecule has 0 fully saturated rings. The molecule has 0 aromatic carbocycles. The van der Waals surface area contributed by atoms with Gasteiger partial charge in [-0.3, -0.25) is 0 Å². The molecule has 5 heteroatoms. The van der Waals surface area contributed by atoms with Gasteiger partial charge in [-0.2, -0.15) is 0 Å². The summed E-state index contributed by atoms with van der Waals surface area (Å²) in [5, 5.41) is 12.4. The Bertz CT molecular complexity index is 230. The fourth-order valence-corrected chi connectivity index (χ4v) is 1.60. The van der Waals surface area contributed by atoms with Gasteiger partial charge in [-0.15, -0.1) is 11.6 Å². The van der Waals surface area contributed by atoms with Crippen LogP contribution in [0.4, 0.5) is 4.79 Å². The van der Waals surface area contributed by atoms with Crippen molar-refractivity contribution in [2.75, 3.05) is 5.88 Å². The molecule has 0 aromatic rings. The summed E-state index contributed by atoms with van der Waals surface area (Å²) in [5.74, 6) is 0.224. The first-order chi connectivity index (χ1) is 7.71. The second-order valence-corrected chi connectivity index (χ2v) is 5.59. The second kappa shape index (κ2) is 7.07. The highest BCUT2D eigenvalue weighted by Crippen LogP contribution is 2.14. The Morgan fingerprint density at radius 1 is 1.47 bits per heavy atom. The molecule has 0 heterocycles. The Labute approximate surface area is 109 Å². The van der Waals surface area contributed by atoms with Crippen LogP contribution in [0.1, 0.15) is 41.0 Å². The molecule has 0 aromatic heterocycles. The highest BCUT2D eigenvalue weighted by Gasteiger charge is 2.27. The van der Waals surface area contributed by atoms with Gasteiger partial charge in [-0.1, -0.05) is 20.3 Å². The highest BCUT2D eigenvalue weighted by molar-refractivity contribution is 6.18.